The average molecular weight is 1060 g/mol. The number of nitro groups is 2. The molecule has 0 radical (unpaired) electrons. The van der Waals surface area contributed by atoms with Crippen molar-refractivity contribution in [1.29, 1.82) is 0 Å². The van der Waals surface area contributed by atoms with Gasteiger partial charge in [0.05, 0.1) is 77.0 Å². The van der Waals surface area contributed by atoms with Gasteiger partial charge in [0.1, 0.15) is 46.8 Å². The predicted molar refractivity (Wildman–Crippen MR) is 259 cm³/mol. The summed E-state index contributed by atoms with van der Waals surface area (Å²) < 4.78 is 112. The lowest BCUT2D eigenvalue weighted by Crippen LogP contribution is -2.25. The summed E-state index contributed by atoms with van der Waals surface area (Å²) in [5.74, 6) is -0.836. The van der Waals surface area contributed by atoms with E-state index in [0.29, 0.717) is 45.8 Å². The fourth-order valence-electron chi connectivity index (χ4n) is 5.20. The highest BCUT2D eigenvalue weighted by molar-refractivity contribution is 7.92. The van der Waals surface area contributed by atoms with Crippen LogP contribution in [0.15, 0.2) is 97.6 Å². The van der Waals surface area contributed by atoms with E-state index in [1.165, 1.54) is 51.3 Å². The topological polar surface area (TPSA) is 348 Å². The minimum absolute atomic E-state index is 0.0376. The summed E-state index contributed by atoms with van der Waals surface area (Å²) >= 11 is 5.79. The fraction of sp³-hybridized carbons (Fsp3) is 0.179. The first-order chi connectivity index (χ1) is 32.5. The number of hydrogen-bond donors (Lipinski definition) is 5. The Morgan fingerprint density at radius 1 is 0.629 bits per heavy atom. The van der Waals surface area contributed by atoms with Crippen molar-refractivity contribution in [3.8, 4) is 11.5 Å². The van der Waals surface area contributed by atoms with Gasteiger partial charge in [-0.2, -0.15) is 17.2 Å². The zero-order valence-electron chi connectivity index (χ0n) is 37.6. The Labute approximate surface area is 404 Å². The van der Waals surface area contributed by atoms with E-state index in [1.54, 1.807) is 54.6 Å². The zero-order chi connectivity index (χ0) is 52.7. The molecular weight excluding hydrogens is 1010 g/mol. The van der Waals surface area contributed by atoms with E-state index in [-0.39, 0.29) is 28.7 Å². The van der Waals surface area contributed by atoms with Crippen molar-refractivity contribution in [2.45, 2.75) is 0 Å². The van der Waals surface area contributed by atoms with Crippen LogP contribution in [0.3, 0.4) is 0 Å². The summed E-state index contributed by atoms with van der Waals surface area (Å²) in [7, 11) is -4.99. The highest BCUT2D eigenvalue weighted by Crippen LogP contribution is 2.35. The molecule has 2 aromatic heterocycles. The molecule has 6 N–H and O–H groups in total. The zero-order valence-corrected chi connectivity index (χ0v) is 40.8. The molecule has 6 aromatic rings. The Bertz CT molecular complexity index is 3180. The number of hydrogen-bond acceptors (Lipinski definition) is 20. The molecule has 376 valence electrons. The van der Waals surface area contributed by atoms with Crippen molar-refractivity contribution in [2.75, 3.05) is 77.4 Å². The molecule has 0 amide bonds. The number of halogens is 3. The van der Waals surface area contributed by atoms with Gasteiger partial charge in [-0.15, -0.1) is 0 Å². The molecule has 31 heteroatoms. The number of para-hydroxylation sites is 4. The number of rotatable bonds is 14. The maximum Gasteiger partial charge on any atom is 0.307 e. The summed E-state index contributed by atoms with van der Waals surface area (Å²) in [6.07, 6.45) is 5.51. The summed E-state index contributed by atoms with van der Waals surface area (Å²) in [5, 5.41) is 30.5. The number of nitrogens with zero attached hydrogens (tertiary/aromatic N) is 8. The van der Waals surface area contributed by atoms with Crippen LogP contribution in [-0.4, -0.2) is 107 Å². The maximum absolute atomic E-state index is 13.9. The Morgan fingerprint density at radius 2 is 1.00 bits per heavy atom. The number of sulfonamides is 2. The van der Waals surface area contributed by atoms with Gasteiger partial charge in [-0.1, -0.05) is 35.9 Å². The Hall–Kier alpha value is -7.80. The largest absolute Gasteiger partial charge is 0.494 e. The van der Waals surface area contributed by atoms with E-state index < -0.39 is 63.0 Å². The minimum Gasteiger partial charge on any atom is -0.494 e. The first-order valence-electron chi connectivity index (χ1n) is 18.9. The molecule has 0 atom stereocenters. The molecule has 0 saturated heterocycles. The van der Waals surface area contributed by atoms with Crippen LogP contribution in [0.5, 0.6) is 11.5 Å². The van der Waals surface area contributed by atoms with Crippen molar-refractivity contribution < 1.29 is 57.9 Å². The van der Waals surface area contributed by atoms with E-state index in [2.05, 4.69) is 40.6 Å². The molecule has 0 saturated carbocycles. The summed E-state index contributed by atoms with van der Waals surface area (Å²) in [4.78, 5) is 35.6. The van der Waals surface area contributed by atoms with E-state index in [4.69, 9.17) is 26.6 Å². The second-order valence-electron chi connectivity index (χ2n) is 13.7. The number of benzene rings is 4. The van der Waals surface area contributed by atoms with Gasteiger partial charge in [-0.3, -0.25) is 33.4 Å². The molecule has 4 aromatic carbocycles. The molecule has 0 aliphatic heterocycles. The monoisotopic (exact) mass is 1060 g/mol. The lowest BCUT2D eigenvalue weighted by atomic mass is 10.2. The quantitative estimate of drug-likeness (QED) is 0.0255. The smallest absolute Gasteiger partial charge is 0.307 e. The van der Waals surface area contributed by atoms with Gasteiger partial charge in [0.25, 0.3) is 10.1 Å². The number of nitrogen functional groups attached to an aromatic ring is 1. The Kier molecular flexibility index (Phi) is 19.8. The van der Waals surface area contributed by atoms with Gasteiger partial charge in [-0.25, -0.2) is 36.8 Å². The van der Waals surface area contributed by atoms with Crippen LogP contribution in [0.1, 0.15) is 0 Å². The van der Waals surface area contributed by atoms with Crippen LogP contribution in [0.25, 0.3) is 0 Å². The molecular formula is C39H43ClF2N12O13S3. The predicted octanol–water partition coefficient (Wildman–Crippen LogP) is 6.51. The van der Waals surface area contributed by atoms with Gasteiger partial charge in [0.2, 0.25) is 31.7 Å². The van der Waals surface area contributed by atoms with Gasteiger partial charge in [-0.05, 0) is 24.3 Å². The standard InChI is InChI=1S/C19H19FN6O5S.C12H13ClN4O2S.C7H7FN2O3.CH4O3S/c1-25(32(3,29)30)15-7-5-4-6-13(15)23-18-10-19(22-11-21-18)24-14-9-16(26(27)28)12(20)8-17(14)31-2;1-17(20(2,18)19)10-6-4-3-5-9(10)16-12-7-11(13)14-8-15-12;1-13-7-2-4(8)6(10(11)12)3-5(7)9;1-5(2,3)4/h4-11H,1-3H3,(H2,21,22,23,24);3-8H,1-2H3,(H,14,15,16);2-3H,9H2,1H3;1H3,(H,2,3,4). The number of nitrogens with two attached hydrogens (primary N) is 1. The molecule has 0 bridgehead atoms. The lowest BCUT2D eigenvalue weighted by Gasteiger charge is -2.20. The molecule has 0 aliphatic carbocycles. The van der Waals surface area contributed by atoms with E-state index in [9.17, 15) is 54.3 Å². The maximum atomic E-state index is 13.9. The van der Waals surface area contributed by atoms with E-state index in [1.807, 2.05) is 0 Å². The number of nitro benzene ring substituents is 2. The van der Waals surface area contributed by atoms with Crippen LogP contribution in [0.2, 0.25) is 5.15 Å². The van der Waals surface area contributed by atoms with Crippen LogP contribution >= 0.6 is 11.6 Å². The van der Waals surface area contributed by atoms with Gasteiger partial charge in [0.15, 0.2) is 0 Å². The van der Waals surface area contributed by atoms with Gasteiger partial charge >= 0.3 is 11.4 Å². The molecule has 0 fully saturated rings. The number of methoxy groups -OCH3 is 2. The molecule has 0 aliphatic rings. The molecule has 25 nitrogen and oxygen atoms in total. The number of ether oxygens (including phenoxy) is 2. The molecule has 0 unspecified atom stereocenters. The SMILES string of the molecule is CN(c1ccccc1Nc1cc(Cl)ncn1)S(C)(=O)=O.COc1cc(F)c([N+](=O)[O-])cc1N.COc1cc(F)c([N+](=O)[O-])cc1Nc1cc(Nc2ccccc2N(C)S(C)(=O)=O)ncn1.CS(=O)(=O)O. The third kappa shape index (κ3) is 17.4. The highest BCUT2D eigenvalue weighted by Gasteiger charge is 2.21. The van der Waals surface area contributed by atoms with Crippen LogP contribution in [0, 0.1) is 31.9 Å². The van der Waals surface area contributed by atoms with Crippen molar-refractivity contribution in [3.63, 3.8) is 0 Å². The second-order valence-corrected chi connectivity index (χ2v) is 19.6. The second kappa shape index (κ2) is 24.5. The first kappa shape index (κ1) is 56.5. The number of nitrogens with one attached hydrogen (secondary N) is 3. The highest BCUT2D eigenvalue weighted by atomic mass is 35.5. The summed E-state index contributed by atoms with van der Waals surface area (Å²) in [5.41, 5.74) is 6.13. The summed E-state index contributed by atoms with van der Waals surface area (Å²) in [6.45, 7) is 0. The molecule has 0 spiro atoms. The third-order valence-electron chi connectivity index (χ3n) is 8.53. The fourth-order valence-corrected chi connectivity index (χ4v) is 6.38. The van der Waals surface area contributed by atoms with Gasteiger partial charge < -0.3 is 31.2 Å². The number of aromatic nitrogens is 4. The average Bonchev–Trinajstić information content (AvgIpc) is 3.26. The molecule has 2 heterocycles. The molecule has 6 rings (SSSR count). The van der Waals surface area contributed by atoms with Crippen LogP contribution < -0.4 is 39.8 Å². The van der Waals surface area contributed by atoms with Crippen LogP contribution in [0.4, 0.5) is 71.7 Å². The molecule has 70 heavy (non-hydrogen) atoms. The Balaban J connectivity index is 0.000000289. The summed E-state index contributed by atoms with van der Waals surface area (Å²) in [6, 6.07) is 20.5. The number of anilines is 9. The van der Waals surface area contributed by atoms with Crippen molar-refractivity contribution in [2.24, 2.45) is 0 Å². The Morgan fingerprint density at radius 3 is 1.40 bits per heavy atom. The first-order valence-corrected chi connectivity index (χ1v) is 24.8. The van der Waals surface area contributed by atoms with Crippen molar-refractivity contribution in [1.82, 2.24) is 19.9 Å². The van der Waals surface area contributed by atoms with Crippen molar-refractivity contribution in [3.05, 3.63) is 135 Å². The normalized spacial score (nSPS) is 10.8. The lowest BCUT2D eigenvalue weighted by molar-refractivity contribution is -0.387. The van der Waals surface area contributed by atoms with Crippen LogP contribution in [-0.2, 0) is 30.2 Å². The minimum atomic E-state index is -3.67. The van der Waals surface area contributed by atoms with E-state index in [0.717, 1.165) is 41.1 Å². The third-order valence-corrected chi connectivity index (χ3v) is 11.1. The van der Waals surface area contributed by atoms with Gasteiger partial charge in [0, 0.05) is 50.5 Å². The van der Waals surface area contributed by atoms with E-state index >= 15 is 0 Å². The van der Waals surface area contributed by atoms with Crippen molar-refractivity contribution >= 4 is 105 Å².